The molecule has 2 aromatic carbocycles. The Balaban J connectivity index is 1.66. The maximum Gasteiger partial charge on any atom is 0.255 e. The van der Waals surface area contributed by atoms with Crippen molar-refractivity contribution in [2.75, 3.05) is 32.8 Å². The van der Waals surface area contributed by atoms with E-state index in [9.17, 15) is 4.79 Å². The lowest BCUT2D eigenvalue weighted by molar-refractivity contribution is 0.0679. The molecule has 1 aliphatic rings. The molecule has 0 unspecified atom stereocenters. The summed E-state index contributed by atoms with van der Waals surface area (Å²) in [7, 11) is 3.13. The van der Waals surface area contributed by atoms with Crippen molar-refractivity contribution in [2.24, 2.45) is 0 Å². The van der Waals surface area contributed by atoms with Gasteiger partial charge in [-0.15, -0.1) is 0 Å². The molecule has 26 heavy (non-hydrogen) atoms. The molecular weight excluding hydrogens is 334 g/mol. The number of hydrogen-bond acceptors (Lipinski definition) is 5. The number of hydrogen-bond donors (Lipinski definition) is 1. The quantitative estimate of drug-likeness (QED) is 0.821. The summed E-state index contributed by atoms with van der Waals surface area (Å²) in [4.78, 5) is 12.6. The second-order valence-electron chi connectivity index (χ2n) is 6.03. The van der Waals surface area contributed by atoms with Gasteiger partial charge >= 0.3 is 0 Å². The van der Waals surface area contributed by atoms with Crippen LogP contribution in [-0.4, -0.2) is 39.4 Å². The van der Waals surface area contributed by atoms with Gasteiger partial charge in [0.2, 0.25) is 0 Å². The second kappa shape index (κ2) is 8.58. The molecule has 3 rings (SSSR count). The minimum absolute atomic E-state index is 0.136. The molecule has 138 valence electrons. The average molecular weight is 357 g/mol. The van der Waals surface area contributed by atoms with Crippen LogP contribution >= 0.6 is 0 Å². The monoisotopic (exact) mass is 357 g/mol. The first-order valence-corrected chi connectivity index (χ1v) is 8.57. The zero-order valence-electron chi connectivity index (χ0n) is 15.0. The number of anilines is 1. The number of nitrogens with one attached hydrogen (secondary N) is 1. The summed E-state index contributed by atoms with van der Waals surface area (Å²) >= 11 is 0. The van der Waals surface area contributed by atoms with Crippen molar-refractivity contribution in [3.63, 3.8) is 0 Å². The van der Waals surface area contributed by atoms with Gasteiger partial charge in [0.05, 0.1) is 20.3 Å². The first-order chi connectivity index (χ1) is 12.7. The number of rotatable bonds is 7. The largest absolute Gasteiger partial charge is 0.497 e. The molecule has 0 saturated carbocycles. The topological polar surface area (TPSA) is 66.0 Å². The molecule has 6 heteroatoms. The van der Waals surface area contributed by atoms with Crippen molar-refractivity contribution < 1.29 is 23.7 Å². The van der Waals surface area contributed by atoms with Crippen molar-refractivity contribution in [3.8, 4) is 17.2 Å². The molecule has 1 saturated heterocycles. The normalized spacial score (nSPS) is 16.2. The fourth-order valence-electron chi connectivity index (χ4n) is 2.77. The number of benzene rings is 2. The van der Waals surface area contributed by atoms with Gasteiger partial charge in [-0.25, -0.2) is 0 Å². The van der Waals surface area contributed by atoms with Crippen LogP contribution in [0.15, 0.2) is 42.5 Å². The third-order valence-electron chi connectivity index (χ3n) is 4.17. The number of carbonyl (C=O) groups is 1. The van der Waals surface area contributed by atoms with Gasteiger partial charge in [0.15, 0.2) is 0 Å². The van der Waals surface area contributed by atoms with Crippen LogP contribution in [0, 0.1) is 0 Å². The highest BCUT2D eigenvalue weighted by Gasteiger charge is 2.16. The smallest absolute Gasteiger partial charge is 0.255 e. The van der Waals surface area contributed by atoms with Crippen molar-refractivity contribution in [2.45, 2.75) is 18.9 Å². The van der Waals surface area contributed by atoms with Gasteiger partial charge in [0.1, 0.15) is 23.9 Å². The summed E-state index contributed by atoms with van der Waals surface area (Å²) in [6.45, 7) is 1.29. The van der Waals surface area contributed by atoms with E-state index in [2.05, 4.69) is 5.32 Å². The van der Waals surface area contributed by atoms with Crippen LogP contribution in [0.2, 0.25) is 0 Å². The second-order valence-corrected chi connectivity index (χ2v) is 6.03. The Morgan fingerprint density at radius 2 is 1.88 bits per heavy atom. The zero-order chi connectivity index (χ0) is 18.4. The van der Waals surface area contributed by atoms with Crippen molar-refractivity contribution >= 4 is 11.6 Å². The summed E-state index contributed by atoms with van der Waals surface area (Å²) in [6, 6.07) is 12.3. The van der Waals surface area contributed by atoms with Crippen LogP contribution in [0.25, 0.3) is 0 Å². The van der Waals surface area contributed by atoms with Gasteiger partial charge in [-0.3, -0.25) is 4.79 Å². The first-order valence-electron chi connectivity index (χ1n) is 8.57. The van der Waals surface area contributed by atoms with Crippen molar-refractivity contribution in [1.82, 2.24) is 0 Å². The predicted molar refractivity (Wildman–Crippen MR) is 98.4 cm³/mol. The maximum atomic E-state index is 12.6. The molecule has 1 fully saturated rings. The van der Waals surface area contributed by atoms with Crippen molar-refractivity contribution in [3.05, 3.63) is 48.0 Å². The van der Waals surface area contributed by atoms with Crippen LogP contribution in [-0.2, 0) is 4.74 Å². The molecule has 0 spiro atoms. The molecule has 0 aliphatic carbocycles. The molecule has 1 heterocycles. The molecule has 1 atom stereocenters. The Kier molecular flexibility index (Phi) is 5.96. The molecule has 0 bridgehead atoms. The van der Waals surface area contributed by atoms with Gasteiger partial charge in [-0.1, -0.05) is 6.07 Å². The SMILES string of the molecule is COc1cc(NC(=O)c2cccc(OC[C@@H]3CCCO3)c2)cc(OC)c1. The van der Waals surface area contributed by atoms with Crippen LogP contribution in [0.5, 0.6) is 17.2 Å². The fourth-order valence-corrected chi connectivity index (χ4v) is 2.77. The van der Waals surface area contributed by atoms with Gasteiger partial charge < -0.3 is 24.3 Å². The summed E-state index contributed by atoms with van der Waals surface area (Å²) in [5.74, 6) is 1.63. The van der Waals surface area contributed by atoms with Crippen LogP contribution in [0.3, 0.4) is 0 Å². The highest BCUT2D eigenvalue weighted by Crippen LogP contribution is 2.26. The summed E-state index contributed by atoms with van der Waals surface area (Å²) < 4.78 is 21.7. The molecular formula is C20H23NO5. The predicted octanol–water partition coefficient (Wildman–Crippen LogP) is 3.51. The Hall–Kier alpha value is -2.73. The Bertz CT molecular complexity index is 733. The molecule has 2 aromatic rings. The Morgan fingerprint density at radius 1 is 1.12 bits per heavy atom. The molecule has 1 amide bonds. The van der Waals surface area contributed by atoms with E-state index in [1.54, 1.807) is 50.6 Å². The summed E-state index contributed by atoms with van der Waals surface area (Å²) in [5.41, 5.74) is 1.11. The first kappa shape index (κ1) is 18.1. The standard InChI is InChI=1S/C20H23NO5/c1-23-18-10-15(11-19(12-18)24-2)21-20(22)14-5-3-6-16(9-14)26-13-17-7-4-8-25-17/h3,5-6,9-12,17H,4,7-8,13H2,1-2H3,(H,21,22)/t17-/m0/s1. The Morgan fingerprint density at radius 3 is 2.54 bits per heavy atom. The lowest BCUT2D eigenvalue weighted by atomic mass is 10.2. The summed E-state index contributed by atoms with van der Waals surface area (Å²) in [6.07, 6.45) is 2.22. The third-order valence-corrected chi connectivity index (χ3v) is 4.17. The lowest BCUT2D eigenvalue weighted by Gasteiger charge is -2.13. The van der Waals surface area contributed by atoms with Gasteiger partial charge in [0, 0.05) is 36.1 Å². The number of ether oxygens (including phenoxy) is 4. The van der Waals surface area contributed by atoms with Gasteiger partial charge in [-0.05, 0) is 31.0 Å². The van der Waals surface area contributed by atoms with Gasteiger partial charge in [-0.2, -0.15) is 0 Å². The van der Waals surface area contributed by atoms with Gasteiger partial charge in [0.25, 0.3) is 5.91 Å². The highest BCUT2D eigenvalue weighted by atomic mass is 16.5. The number of carbonyl (C=O) groups excluding carboxylic acids is 1. The zero-order valence-corrected chi connectivity index (χ0v) is 15.0. The summed E-state index contributed by atoms with van der Waals surface area (Å²) in [5, 5.41) is 2.85. The van der Waals surface area contributed by atoms with Crippen LogP contribution < -0.4 is 19.5 Å². The van der Waals surface area contributed by atoms with E-state index in [0.29, 0.717) is 35.1 Å². The van der Waals surface area contributed by atoms with E-state index < -0.39 is 0 Å². The fraction of sp³-hybridized carbons (Fsp3) is 0.350. The van der Waals surface area contributed by atoms with E-state index in [0.717, 1.165) is 19.4 Å². The van der Waals surface area contributed by atoms with Crippen LogP contribution in [0.4, 0.5) is 5.69 Å². The third kappa shape index (κ3) is 4.67. The highest BCUT2D eigenvalue weighted by molar-refractivity contribution is 6.04. The van der Waals surface area contributed by atoms with E-state index in [4.69, 9.17) is 18.9 Å². The van der Waals surface area contributed by atoms with Crippen LogP contribution in [0.1, 0.15) is 23.2 Å². The number of methoxy groups -OCH3 is 2. The van der Waals surface area contributed by atoms with E-state index >= 15 is 0 Å². The maximum absolute atomic E-state index is 12.6. The van der Waals surface area contributed by atoms with E-state index in [1.165, 1.54) is 0 Å². The van der Waals surface area contributed by atoms with E-state index in [-0.39, 0.29) is 12.0 Å². The number of amides is 1. The van der Waals surface area contributed by atoms with E-state index in [1.807, 2.05) is 6.07 Å². The molecule has 1 aliphatic heterocycles. The van der Waals surface area contributed by atoms with Crippen molar-refractivity contribution in [1.29, 1.82) is 0 Å². The Labute approximate surface area is 153 Å². The molecule has 1 N–H and O–H groups in total. The minimum atomic E-state index is -0.233. The molecule has 6 nitrogen and oxygen atoms in total. The average Bonchev–Trinajstić information content (AvgIpc) is 3.20. The lowest BCUT2D eigenvalue weighted by Crippen LogP contribution is -2.17. The molecule has 0 radical (unpaired) electrons. The minimum Gasteiger partial charge on any atom is -0.497 e. The molecule has 0 aromatic heterocycles.